The number of anilines is 2. The van der Waals surface area contributed by atoms with Crippen molar-refractivity contribution in [3.63, 3.8) is 0 Å². The highest BCUT2D eigenvalue weighted by molar-refractivity contribution is 7.90. The summed E-state index contributed by atoms with van der Waals surface area (Å²) in [5.74, 6) is 6.16. The first-order chi connectivity index (χ1) is 21.3. The molecule has 1 atom stereocenters. The summed E-state index contributed by atoms with van der Waals surface area (Å²) in [4.78, 5) is 2.67. The van der Waals surface area contributed by atoms with Crippen molar-refractivity contribution in [3.8, 4) is 17.6 Å². The number of fused-ring (bicyclic) bond motifs is 1. The molecular formula is C33H41F3N4O4S. The van der Waals surface area contributed by atoms with Gasteiger partial charge in [-0.1, -0.05) is 12.0 Å². The zero-order valence-electron chi connectivity index (χ0n) is 26.1. The van der Waals surface area contributed by atoms with Gasteiger partial charge in [-0.15, -0.1) is 0 Å². The molecule has 244 valence electrons. The lowest BCUT2D eigenvalue weighted by atomic mass is 9.79. The maximum atomic E-state index is 13.7. The fourth-order valence-corrected chi connectivity index (χ4v) is 7.15. The van der Waals surface area contributed by atoms with Crippen LogP contribution in [0.25, 0.3) is 10.9 Å². The van der Waals surface area contributed by atoms with E-state index < -0.39 is 22.6 Å². The van der Waals surface area contributed by atoms with Crippen LogP contribution in [0.3, 0.4) is 0 Å². The number of hydrogen-bond acceptors (Lipinski definition) is 7. The number of ether oxygens (including phenoxy) is 2. The van der Waals surface area contributed by atoms with E-state index in [0.717, 1.165) is 57.1 Å². The first kappa shape index (κ1) is 33.0. The highest BCUT2D eigenvalue weighted by Gasteiger charge is 2.40. The molecule has 0 spiro atoms. The second kappa shape index (κ2) is 13.1. The van der Waals surface area contributed by atoms with Crippen LogP contribution in [0, 0.1) is 11.8 Å². The third-order valence-electron chi connectivity index (χ3n) is 9.13. The summed E-state index contributed by atoms with van der Waals surface area (Å²) in [6.45, 7) is 3.29. The van der Waals surface area contributed by atoms with Crippen molar-refractivity contribution in [1.29, 1.82) is 0 Å². The van der Waals surface area contributed by atoms with Gasteiger partial charge in [-0.05, 0) is 75.3 Å². The van der Waals surface area contributed by atoms with Crippen LogP contribution < -0.4 is 15.4 Å². The zero-order valence-corrected chi connectivity index (χ0v) is 26.9. The van der Waals surface area contributed by atoms with Gasteiger partial charge in [0.2, 0.25) is 0 Å². The molecule has 2 fully saturated rings. The van der Waals surface area contributed by atoms with Crippen molar-refractivity contribution in [3.05, 3.63) is 48.2 Å². The minimum atomic E-state index is -4.43. The maximum absolute atomic E-state index is 13.7. The number of methoxy groups -OCH3 is 2. The Kier molecular flexibility index (Phi) is 9.63. The summed E-state index contributed by atoms with van der Waals surface area (Å²) in [5.41, 5.74) is 2.18. The van der Waals surface area contributed by atoms with Gasteiger partial charge >= 0.3 is 6.18 Å². The summed E-state index contributed by atoms with van der Waals surface area (Å²) < 4.78 is 76.9. The van der Waals surface area contributed by atoms with Crippen molar-refractivity contribution in [2.45, 2.75) is 74.3 Å². The number of hydrogen-bond donors (Lipinski definition) is 2. The van der Waals surface area contributed by atoms with Crippen molar-refractivity contribution in [1.82, 2.24) is 9.47 Å². The Morgan fingerprint density at radius 2 is 1.82 bits per heavy atom. The molecule has 0 amide bonds. The summed E-state index contributed by atoms with van der Waals surface area (Å²) >= 11 is 0. The van der Waals surface area contributed by atoms with Crippen molar-refractivity contribution in [2.75, 3.05) is 50.7 Å². The van der Waals surface area contributed by atoms with Crippen LogP contribution in [-0.4, -0.2) is 81.9 Å². The van der Waals surface area contributed by atoms with Gasteiger partial charge < -0.3 is 24.7 Å². The lowest BCUT2D eigenvalue weighted by Crippen LogP contribution is -2.49. The second-order valence-corrected chi connectivity index (χ2v) is 14.3. The average molecular weight is 647 g/mol. The fourth-order valence-electron chi connectivity index (χ4n) is 6.52. The molecule has 0 radical (unpaired) electrons. The Hall–Kier alpha value is -3.40. The Morgan fingerprint density at radius 3 is 2.47 bits per heavy atom. The molecule has 2 N–H and O–H groups in total. The molecule has 1 saturated heterocycles. The van der Waals surface area contributed by atoms with Gasteiger partial charge in [0.1, 0.15) is 12.3 Å². The van der Waals surface area contributed by atoms with Gasteiger partial charge in [0.15, 0.2) is 9.84 Å². The van der Waals surface area contributed by atoms with Gasteiger partial charge in [0.25, 0.3) is 0 Å². The highest BCUT2D eigenvalue weighted by atomic mass is 32.2. The van der Waals surface area contributed by atoms with Crippen molar-refractivity contribution >= 4 is 32.1 Å². The SMILES string of the molecule is COc1cc(S(C)(=O)=O)ccc1NCC#Cc1cc2c(NC3CCC(C)(N4CCC(OC)C4)CC3)cccc2n1CC(F)(F)F. The summed E-state index contributed by atoms with van der Waals surface area (Å²) in [7, 11) is -0.213. The van der Waals surface area contributed by atoms with Crippen molar-refractivity contribution < 1.29 is 31.1 Å². The molecule has 2 heterocycles. The van der Waals surface area contributed by atoms with Gasteiger partial charge in [-0.2, -0.15) is 13.2 Å². The van der Waals surface area contributed by atoms with Crippen LogP contribution >= 0.6 is 0 Å². The quantitative estimate of drug-likeness (QED) is 0.280. The van der Waals surface area contributed by atoms with E-state index >= 15 is 0 Å². The molecule has 3 aromatic rings. The Balaban J connectivity index is 1.33. The molecule has 8 nitrogen and oxygen atoms in total. The standard InChI is InChI=1S/C33H41F3N4O4S/c1-32(39-18-14-25(21-39)43-2)15-12-23(13-16-32)38-28-8-5-9-30-27(28)19-24(40(30)22-33(34,35)36)7-6-17-37-29-11-10-26(45(4,41)42)20-31(29)44-3/h5,8-11,19-20,23,25,37-38H,12-18,21-22H2,1-4H3. The number of alkyl halides is 3. The highest BCUT2D eigenvalue weighted by Crippen LogP contribution is 2.38. The van der Waals surface area contributed by atoms with E-state index in [4.69, 9.17) is 9.47 Å². The van der Waals surface area contributed by atoms with Gasteiger partial charge in [0.05, 0.1) is 41.6 Å². The topological polar surface area (TPSA) is 84.8 Å². The molecule has 5 rings (SSSR count). The summed E-state index contributed by atoms with van der Waals surface area (Å²) in [6.07, 6.45) is 2.05. The van der Waals surface area contributed by atoms with Gasteiger partial charge in [-0.25, -0.2) is 8.42 Å². The molecule has 1 saturated carbocycles. The fraction of sp³-hybridized carbons (Fsp3) is 0.515. The van der Waals surface area contributed by atoms with E-state index in [0.29, 0.717) is 28.4 Å². The number of nitrogens with zero attached hydrogens (tertiary/aromatic N) is 2. The van der Waals surface area contributed by atoms with E-state index in [1.54, 1.807) is 31.4 Å². The summed E-state index contributed by atoms with van der Waals surface area (Å²) in [5, 5.41) is 7.40. The minimum Gasteiger partial charge on any atom is -0.495 e. The molecule has 2 aromatic carbocycles. The molecule has 12 heteroatoms. The Morgan fingerprint density at radius 1 is 1.07 bits per heavy atom. The molecule has 0 bridgehead atoms. The summed E-state index contributed by atoms with van der Waals surface area (Å²) in [6, 6.07) is 11.8. The third-order valence-corrected chi connectivity index (χ3v) is 10.2. The number of nitrogens with one attached hydrogen (secondary N) is 2. The van der Waals surface area contributed by atoms with Crippen LogP contribution in [0.1, 0.15) is 44.7 Å². The van der Waals surface area contributed by atoms with E-state index in [1.807, 2.05) is 6.07 Å². The maximum Gasteiger partial charge on any atom is 0.406 e. The molecule has 2 aliphatic rings. The number of aromatic nitrogens is 1. The smallest absolute Gasteiger partial charge is 0.406 e. The zero-order chi connectivity index (χ0) is 32.4. The number of rotatable bonds is 9. The van der Waals surface area contributed by atoms with Crippen LogP contribution in [-0.2, 0) is 21.1 Å². The van der Waals surface area contributed by atoms with E-state index in [1.165, 1.54) is 23.8 Å². The molecule has 1 unspecified atom stereocenters. The van der Waals surface area contributed by atoms with Gasteiger partial charge in [-0.3, -0.25) is 4.90 Å². The van der Waals surface area contributed by atoms with Crippen LogP contribution in [0.4, 0.5) is 24.5 Å². The third kappa shape index (κ3) is 7.71. The first-order valence-electron chi connectivity index (χ1n) is 15.1. The predicted octanol–water partition coefficient (Wildman–Crippen LogP) is 5.91. The number of halogens is 3. The van der Waals surface area contributed by atoms with Crippen molar-refractivity contribution in [2.24, 2.45) is 0 Å². The van der Waals surface area contributed by atoms with E-state index in [2.05, 4.69) is 34.3 Å². The Bertz CT molecular complexity index is 1690. The largest absolute Gasteiger partial charge is 0.495 e. The molecule has 1 aliphatic heterocycles. The normalized spacial score (nSPS) is 22.6. The number of likely N-dealkylation sites (tertiary alicyclic amines) is 1. The molecular weight excluding hydrogens is 605 g/mol. The van der Waals surface area contributed by atoms with Gasteiger partial charge in [0, 0.05) is 55.2 Å². The van der Waals surface area contributed by atoms with E-state index in [9.17, 15) is 21.6 Å². The average Bonchev–Trinajstić information content (AvgIpc) is 3.61. The first-order valence-corrected chi connectivity index (χ1v) is 17.0. The molecule has 45 heavy (non-hydrogen) atoms. The van der Waals surface area contributed by atoms with Crippen LogP contribution in [0.2, 0.25) is 0 Å². The minimum absolute atomic E-state index is 0.107. The van der Waals surface area contributed by atoms with Crippen LogP contribution in [0.15, 0.2) is 47.4 Å². The molecule has 1 aliphatic carbocycles. The van der Waals surface area contributed by atoms with Crippen LogP contribution in [0.5, 0.6) is 5.75 Å². The second-order valence-electron chi connectivity index (χ2n) is 12.3. The lowest BCUT2D eigenvalue weighted by molar-refractivity contribution is -0.140. The monoisotopic (exact) mass is 646 g/mol. The number of sulfone groups is 1. The molecule has 1 aromatic heterocycles. The lowest BCUT2D eigenvalue weighted by Gasteiger charge is -2.44. The number of benzene rings is 2. The Labute approximate surface area is 263 Å². The van der Waals surface area contributed by atoms with E-state index in [-0.39, 0.29) is 28.7 Å². The predicted molar refractivity (Wildman–Crippen MR) is 171 cm³/mol.